The van der Waals surface area contributed by atoms with Crippen LogP contribution in [0.25, 0.3) is 0 Å². The highest BCUT2D eigenvalue weighted by Crippen LogP contribution is 2.22. The maximum absolute atomic E-state index is 12.1. The average molecular weight is 321 g/mol. The summed E-state index contributed by atoms with van der Waals surface area (Å²) in [6.45, 7) is 3.55. The van der Waals surface area contributed by atoms with E-state index in [4.69, 9.17) is 5.73 Å². The number of sulfonamides is 2. The zero-order chi connectivity index (χ0) is 15.6. The van der Waals surface area contributed by atoms with Gasteiger partial charge in [-0.3, -0.25) is 0 Å². The number of hydrogen-bond donors (Lipinski definition) is 3. The maximum atomic E-state index is 12.1. The second-order valence-electron chi connectivity index (χ2n) is 4.54. The van der Waals surface area contributed by atoms with E-state index in [1.165, 1.54) is 6.07 Å². The summed E-state index contributed by atoms with van der Waals surface area (Å²) in [6, 6.07) is 3.09. The van der Waals surface area contributed by atoms with Crippen molar-refractivity contribution in [2.75, 3.05) is 25.1 Å². The molecule has 0 heterocycles. The Balaban J connectivity index is 2.82. The molecule has 0 amide bonds. The molecule has 0 aliphatic heterocycles. The largest absolute Gasteiger partial charge is 0.398 e. The molecule has 4 N–H and O–H groups in total. The minimum absolute atomic E-state index is 0.0000411. The summed E-state index contributed by atoms with van der Waals surface area (Å²) in [7, 11) is -7.09. The molecule has 0 aliphatic carbocycles. The molecule has 20 heavy (non-hydrogen) atoms. The molecule has 1 aromatic carbocycles. The molecule has 0 unspecified atom stereocenters. The standard InChI is InChI=1S/C11H19N3O4S2/c1-8-6-10(12)11(7-9(8)2)20(17,18)14-5-4-13-19(3,15)16/h6-7,13-14H,4-5,12H2,1-3H3. The van der Waals surface area contributed by atoms with E-state index in [0.717, 1.165) is 17.4 Å². The summed E-state index contributed by atoms with van der Waals surface area (Å²) in [5.41, 5.74) is 7.60. The first-order chi connectivity index (χ1) is 9.03. The molecular weight excluding hydrogens is 302 g/mol. The Morgan fingerprint density at radius 2 is 1.50 bits per heavy atom. The van der Waals surface area contributed by atoms with E-state index < -0.39 is 20.0 Å². The lowest BCUT2D eigenvalue weighted by Gasteiger charge is -2.11. The number of nitrogens with two attached hydrogens (primary N) is 1. The van der Waals surface area contributed by atoms with Gasteiger partial charge < -0.3 is 5.73 Å². The van der Waals surface area contributed by atoms with Gasteiger partial charge in [0, 0.05) is 13.1 Å². The van der Waals surface area contributed by atoms with Crippen LogP contribution in [0, 0.1) is 13.8 Å². The van der Waals surface area contributed by atoms with Gasteiger partial charge in [0.05, 0.1) is 11.9 Å². The minimum atomic E-state index is -3.76. The van der Waals surface area contributed by atoms with Crippen LogP contribution in [0.15, 0.2) is 17.0 Å². The van der Waals surface area contributed by atoms with Crippen molar-refractivity contribution in [2.24, 2.45) is 0 Å². The van der Waals surface area contributed by atoms with Crippen molar-refractivity contribution in [3.05, 3.63) is 23.3 Å². The van der Waals surface area contributed by atoms with Gasteiger partial charge in [0.2, 0.25) is 20.0 Å². The van der Waals surface area contributed by atoms with Gasteiger partial charge in [-0.25, -0.2) is 26.3 Å². The Kier molecular flexibility index (Phi) is 5.14. The van der Waals surface area contributed by atoms with Crippen LogP contribution in [0.3, 0.4) is 0 Å². The van der Waals surface area contributed by atoms with E-state index >= 15 is 0 Å². The van der Waals surface area contributed by atoms with Crippen molar-refractivity contribution in [2.45, 2.75) is 18.7 Å². The van der Waals surface area contributed by atoms with Crippen LogP contribution in [0.4, 0.5) is 5.69 Å². The first-order valence-electron chi connectivity index (χ1n) is 5.84. The molecule has 1 rings (SSSR count). The molecule has 0 saturated heterocycles. The third-order valence-electron chi connectivity index (χ3n) is 2.70. The first kappa shape index (κ1) is 16.9. The van der Waals surface area contributed by atoms with Gasteiger partial charge in [-0.05, 0) is 37.1 Å². The van der Waals surface area contributed by atoms with Crippen molar-refractivity contribution in [1.82, 2.24) is 9.44 Å². The first-order valence-corrected chi connectivity index (χ1v) is 9.21. The number of nitrogens with one attached hydrogen (secondary N) is 2. The zero-order valence-corrected chi connectivity index (χ0v) is 13.2. The van der Waals surface area contributed by atoms with Gasteiger partial charge >= 0.3 is 0 Å². The lowest BCUT2D eigenvalue weighted by Crippen LogP contribution is -2.34. The predicted octanol–water partition coefficient (Wildman–Crippen LogP) is -0.287. The summed E-state index contributed by atoms with van der Waals surface area (Å²) in [5, 5.41) is 0. The highest BCUT2D eigenvalue weighted by atomic mass is 32.2. The van der Waals surface area contributed by atoms with Crippen LogP contribution >= 0.6 is 0 Å². The van der Waals surface area contributed by atoms with E-state index in [1.54, 1.807) is 13.0 Å². The fourth-order valence-corrected chi connectivity index (χ4v) is 3.24. The fourth-order valence-electron chi connectivity index (χ4n) is 1.54. The van der Waals surface area contributed by atoms with E-state index in [0.29, 0.717) is 0 Å². The van der Waals surface area contributed by atoms with Gasteiger partial charge in [0.15, 0.2) is 0 Å². The van der Waals surface area contributed by atoms with E-state index in [-0.39, 0.29) is 23.7 Å². The third-order valence-corrected chi connectivity index (χ3v) is 4.94. The molecular formula is C11H19N3O4S2. The summed E-state index contributed by atoms with van der Waals surface area (Å²) >= 11 is 0. The molecule has 0 atom stereocenters. The molecule has 0 aromatic heterocycles. The van der Waals surface area contributed by atoms with Gasteiger partial charge in [-0.1, -0.05) is 0 Å². The molecule has 0 radical (unpaired) electrons. The lowest BCUT2D eigenvalue weighted by atomic mass is 10.1. The fraction of sp³-hybridized carbons (Fsp3) is 0.455. The Morgan fingerprint density at radius 3 is 2.05 bits per heavy atom. The maximum Gasteiger partial charge on any atom is 0.242 e. The van der Waals surface area contributed by atoms with Gasteiger partial charge in [0.1, 0.15) is 4.90 Å². The Labute approximate surface area is 119 Å². The molecule has 0 saturated carbocycles. The highest BCUT2D eigenvalue weighted by molar-refractivity contribution is 7.89. The van der Waals surface area contributed by atoms with Crippen LogP contribution in [-0.2, 0) is 20.0 Å². The third kappa shape index (κ3) is 4.75. The quantitative estimate of drug-likeness (QED) is 0.491. The monoisotopic (exact) mass is 321 g/mol. The second-order valence-corrected chi connectivity index (χ2v) is 8.11. The molecule has 1 aromatic rings. The van der Waals surface area contributed by atoms with E-state index in [2.05, 4.69) is 9.44 Å². The second kappa shape index (κ2) is 6.08. The van der Waals surface area contributed by atoms with Gasteiger partial charge in [-0.2, -0.15) is 0 Å². The molecule has 7 nitrogen and oxygen atoms in total. The van der Waals surface area contributed by atoms with Crippen LogP contribution in [0.1, 0.15) is 11.1 Å². The van der Waals surface area contributed by atoms with E-state index in [1.807, 2.05) is 6.92 Å². The average Bonchev–Trinajstić information content (AvgIpc) is 2.28. The van der Waals surface area contributed by atoms with Crippen LogP contribution < -0.4 is 15.2 Å². The molecule has 9 heteroatoms. The van der Waals surface area contributed by atoms with Crippen molar-refractivity contribution in [3.63, 3.8) is 0 Å². The number of hydrogen-bond acceptors (Lipinski definition) is 5. The smallest absolute Gasteiger partial charge is 0.242 e. The molecule has 0 bridgehead atoms. The van der Waals surface area contributed by atoms with Crippen LogP contribution in [0.5, 0.6) is 0 Å². The summed E-state index contributed by atoms with van der Waals surface area (Å²) in [4.78, 5) is -0.0000411. The van der Waals surface area contributed by atoms with Gasteiger partial charge in [-0.15, -0.1) is 0 Å². The van der Waals surface area contributed by atoms with Crippen molar-refractivity contribution in [3.8, 4) is 0 Å². The van der Waals surface area contributed by atoms with Gasteiger partial charge in [0.25, 0.3) is 0 Å². The predicted molar refractivity (Wildman–Crippen MR) is 78.4 cm³/mol. The zero-order valence-electron chi connectivity index (χ0n) is 11.6. The molecule has 114 valence electrons. The summed E-state index contributed by atoms with van der Waals surface area (Å²) in [5.74, 6) is 0. The molecule has 0 fully saturated rings. The number of rotatable bonds is 6. The van der Waals surface area contributed by atoms with Crippen molar-refractivity contribution < 1.29 is 16.8 Å². The Morgan fingerprint density at radius 1 is 1.00 bits per heavy atom. The molecule has 0 aliphatic rings. The van der Waals surface area contributed by atoms with Crippen molar-refractivity contribution >= 4 is 25.7 Å². The van der Waals surface area contributed by atoms with Crippen molar-refractivity contribution in [1.29, 1.82) is 0 Å². The number of aryl methyl sites for hydroxylation is 2. The van der Waals surface area contributed by atoms with Crippen LogP contribution in [-0.4, -0.2) is 36.2 Å². The number of anilines is 1. The van der Waals surface area contributed by atoms with Crippen LogP contribution in [0.2, 0.25) is 0 Å². The summed E-state index contributed by atoms with van der Waals surface area (Å²) < 4.78 is 50.3. The SMILES string of the molecule is Cc1cc(N)c(S(=O)(=O)NCCNS(C)(=O)=O)cc1C. The molecule has 0 spiro atoms. The minimum Gasteiger partial charge on any atom is -0.398 e. The summed E-state index contributed by atoms with van der Waals surface area (Å²) in [6.07, 6.45) is 1.00. The Bertz CT molecular complexity index is 697. The Hall–Kier alpha value is -1.16. The highest BCUT2D eigenvalue weighted by Gasteiger charge is 2.18. The number of nitrogen functional groups attached to an aromatic ring is 1. The lowest BCUT2D eigenvalue weighted by molar-refractivity contribution is 0.573. The topological polar surface area (TPSA) is 118 Å². The normalized spacial score (nSPS) is 12.6. The number of benzene rings is 1. The van der Waals surface area contributed by atoms with E-state index in [9.17, 15) is 16.8 Å².